The molecule has 0 bridgehead atoms. The molecule has 17 heavy (non-hydrogen) atoms. The molecular weight excluding hydrogens is 210 g/mol. The van der Waals surface area contributed by atoms with E-state index in [0.717, 1.165) is 18.0 Å². The van der Waals surface area contributed by atoms with Gasteiger partial charge in [0.2, 0.25) is 0 Å². The molecule has 1 aromatic heterocycles. The Kier molecular flexibility index (Phi) is 2.67. The van der Waals surface area contributed by atoms with Gasteiger partial charge in [-0.2, -0.15) is 0 Å². The highest BCUT2D eigenvalue weighted by atomic mass is 16.3. The summed E-state index contributed by atoms with van der Waals surface area (Å²) in [4.78, 5) is 0. The van der Waals surface area contributed by atoms with Crippen LogP contribution in [-0.4, -0.2) is 13.6 Å². The van der Waals surface area contributed by atoms with E-state index >= 15 is 0 Å². The SMILES string of the molecule is CNCC1CCC1c1cc2cccc(C)c2o1. The lowest BCUT2D eigenvalue weighted by molar-refractivity contribution is 0.222. The van der Waals surface area contributed by atoms with E-state index in [9.17, 15) is 0 Å². The fourth-order valence-corrected chi connectivity index (χ4v) is 2.86. The van der Waals surface area contributed by atoms with E-state index in [0.29, 0.717) is 5.92 Å². The zero-order chi connectivity index (χ0) is 11.8. The summed E-state index contributed by atoms with van der Waals surface area (Å²) in [6.45, 7) is 3.21. The molecule has 0 saturated heterocycles. The quantitative estimate of drug-likeness (QED) is 0.872. The van der Waals surface area contributed by atoms with Crippen molar-refractivity contribution in [3.63, 3.8) is 0 Å². The number of nitrogens with one attached hydrogen (secondary N) is 1. The lowest BCUT2D eigenvalue weighted by Gasteiger charge is -2.35. The van der Waals surface area contributed by atoms with Crippen molar-refractivity contribution in [1.82, 2.24) is 5.32 Å². The molecule has 1 aromatic carbocycles. The largest absolute Gasteiger partial charge is 0.460 e. The minimum Gasteiger partial charge on any atom is -0.460 e. The molecule has 0 aliphatic heterocycles. The Balaban J connectivity index is 1.93. The molecule has 1 aliphatic rings. The molecule has 1 heterocycles. The normalized spacial score (nSPS) is 23.9. The fraction of sp³-hybridized carbons (Fsp3) is 0.467. The number of para-hydroxylation sites is 1. The van der Waals surface area contributed by atoms with Gasteiger partial charge in [-0.25, -0.2) is 0 Å². The van der Waals surface area contributed by atoms with Crippen LogP contribution in [-0.2, 0) is 0 Å². The Morgan fingerprint density at radius 3 is 2.88 bits per heavy atom. The van der Waals surface area contributed by atoms with Gasteiger partial charge in [-0.15, -0.1) is 0 Å². The first-order valence-corrected chi connectivity index (χ1v) is 6.43. The molecule has 0 amide bonds. The molecule has 2 unspecified atom stereocenters. The van der Waals surface area contributed by atoms with Crippen molar-refractivity contribution in [2.24, 2.45) is 5.92 Å². The van der Waals surface area contributed by atoms with Crippen LogP contribution in [0.4, 0.5) is 0 Å². The summed E-state index contributed by atoms with van der Waals surface area (Å²) in [7, 11) is 2.03. The van der Waals surface area contributed by atoms with Gasteiger partial charge < -0.3 is 9.73 Å². The van der Waals surface area contributed by atoms with Crippen LogP contribution >= 0.6 is 0 Å². The standard InChI is InChI=1S/C15H19NO/c1-10-4-3-5-11-8-14(17-15(10)11)13-7-6-12(13)9-16-2/h3-5,8,12-13,16H,6-7,9H2,1-2H3. The van der Waals surface area contributed by atoms with Crippen molar-refractivity contribution in [1.29, 1.82) is 0 Å². The van der Waals surface area contributed by atoms with E-state index < -0.39 is 0 Å². The Morgan fingerprint density at radius 1 is 1.35 bits per heavy atom. The van der Waals surface area contributed by atoms with Gasteiger partial charge in [0.15, 0.2) is 0 Å². The van der Waals surface area contributed by atoms with Crippen LogP contribution < -0.4 is 5.32 Å². The molecular formula is C15H19NO. The Morgan fingerprint density at radius 2 is 2.24 bits per heavy atom. The van der Waals surface area contributed by atoms with E-state index in [4.69, 9.17) is 4.42 Å². The van der Waals surface area contributed by atoms with Crippen molar-refractivity contribution in [2.75, 3.05) is 13.6 Å². The Bertz CT molecular complexity index is 529. The monoisotopic (exact) mass is 229 g/mol. The van der Waals surface area contributed by atoms with Crippen molar-refractivity contribution in [3.8, 4) is 0 Å². The maximum absolute atomic E-state index is 6.05. The molecule has 0 radical (unpaired) electrons. The second kappa shape index (κ2) is 4.19. The highest BCUT2D eigenvalue weighted by molar-refractivity contribution is 5.81. The van der Waals surface area contributed by atoms with Crippen LogP contribution in [0.2, 0.25) is 0 Å². The number of furan rings is 1. The summed E-state index contributed by atoms with van der Waals surface area (Å²) in [6.07, 6.45) is 2.59. The summed E-state index contributed by atoms with van der Waals surface area (Å²) >= 11 is 0. The van der Waals surface area contributed by atoms with E-state index in [1.165, 1.54) is 29.6 Å². The van der Waals surface area contributed by atoms with Gasteiger partial charge in [-0.05, 0) is 50.9 Å². The third-order valence-corrected chi connectivity index (χ3v) is 4.01. The summed E-state index contributed by atoms with van der Waals surface area (Å²) in [5, 5.41) is 4.52. The fourth-order valence-electron chi connectivity index (χ4n) is 2.86. The molecule has 3 rings (SSSR count). The number of hydrogen-bond acceptors (Lipinski definition) is 2. The van der Waals surface area contributed by atoms with Gasteiger partial charge in [0.1, 0.15) is 11.3 Å². The second-order valence-corrected chi connectivity index (χ2v) is 5.14. The predicted molar refractivity (Wildman–Crippen MR) is 70.3 cm³/mol. The molecule has 2 aromatic rings. The Hall–Kier alpha value is -1.28. The summed E-state index contributed by atoms with van der Waals surface area (Å²) in [6, 6.07) is 8.58. The number of fused-ring (bicyclic) bond motifs is 1. The lowest BCUT2D eigenvalue weighted by atomic mass is 9.72. The van der Waals surface area contributed by atoms with Crippen LogP contribution in [0.3, 0.4) is 0 Å². The van der Waals surface area contributed by atoms with Gasteiger partial charge in [-0.1, -0.05) is 18.2 Å². The number of hydrogen-bond donors (Lipinski definition) is 1. The first kappa shape index (κ1) is 10.8. The molecule has 0 spiro atoms. The maximum Gasteiger partial charge on any atom is 0.137 e. The first-order valence-electron chi connectivity index (χ1n) is 6.43. The van der Waals surface area contributed by atoms with E-state index in [1.807, 2.05) is 7.05 Å². The zero-order valence-corrected chi connectivity index (χ0v) is 10.5. The van der Waals surface area contributed by atoms with Crippen molar-refractivity contribution in [2.45, 2.75) is 25.7 Å². The lowest BCUT2D eigenvalue weighted by Crippen LogP contribution is -2.31. The molecule has 1 saturated carbocycles. The summed E-state index contributed by atoms with van der Waals surface area (Å²) < 4.78 is 6.05. The van der Waals surface area contributed by atoms with Gasteiger partial charge in [0, 0.05) is 11.3 Å². The molecule has 1 fully saturated rings. The van der Waals surface area contributed by atoms with Crippen LogP contribution in [0, 0.1) is 12.8 Å². The molecule has 90 valence electrons. The summed E-state index contributed by atoms with van der Waals surface area (Å²) in [5.41, 5.74) is 2.30. The number of aryl methyl sites for hydroxylation is 1. The van der Waals surface area contributed by atoms with Crippen LogP contribution in [0.25, 0.3) is 11.0 Å². The highest BCUT2D eigenvalue weighted by Crippen LogP contribution is 2.43. The summed E-state index contributed by atoms with van der Waals surface area (Å²) in [5.74, 6) is 2.55. The van der Waals surface area contributed by atoms with E-state index in [2.05, 4.69) is 36.5 Å². The van der Waals surface area contributed by atoms with Crippen molar-refractivity contribution < 1.29 is 4.42 Å². The first-order chi connectivity index (χ1) is 8.29. The second-order valence-electron chi connectivity index (χ2n) is 5.14. The maximum atomic E-state index is 6.05. The minimum atomic E-state index is 0.620. The molecule has 2 atom stereocenters. The van der Waals surface area contributed by atoms with Gasteiger partial charge >= 0.3 is 0 Å². The smallest absolute Gasteiger partial charge is 0.137 e. The topological polar surface area (TPSA) is 25.2 Å². The minimum absolute atomic E-state index is 0.620. The molecule has 2 heteroatoms. The van der Waals surface area contributed by atoms with Gasteiger partial charge in [0.05, 0.1) is 0 Å². The van der Waals surface area contributed by atoms with Crippen LogP contribution in [0.5, 0.6) is 0 Å². The van der Waals surface area contributed by atoms with Crippen LogP contribution in [0.1, 0.15) is 30.1 Å². The van der Waals surface area contributed by atoms with Crippen LogP contribution in [0.15, 0.2) is 28.7 Å². The Labute approximate surface area is 102 Å². The highest BCUT2D eigenvalue weighted by Gasteiger charge is 2.33. The van der Waals surface area contributed by atoms with Crippen molar-refractivity contribution >= 4 is 11.0 Å². The predicted octanol–water partition coefficient (Wildman–Crippen LogP) is 3.45. The molecule has 1 N–H and O–H groups in total. The van der Waals surface area contributed by atoms with Crippen molar-refractivity contribution in [3.05, 3.63) is 35.6 Å². The van der Waals surface area contributed by atoms with E-state index in [1.54, 1.807) is 0 Å². The van der Waals surface area contributed by atoms with E-state index in [-0.39, 0.29) is 0 Å². The third-order valence-electron chi connectivity index (χ3n) is 4.01. The molecule has 2 nitrogen and oxygen atoms in total. The zero-order valence-electron chi connectivity index (χ0n) is 10.5. The van der Waals surface area contributed by atoms with Gasteiger partial charge in [0.25, 0.3) is 0 Å². The van der Waals surface area contributed by atoms with Gasteiger partial charge in [-0.3, -0.25) is 0 Å². The number of rotatable bonds is 3. The average Bonchev–Trinajstić information content (AvgIpc) is 2.69. The average molecular weight is 229 g/mol. The molecule has 1 aliphatic carbocycles. The number of benzene rings is 1. The third kappa shape index (κ3) is 1.77.